The molecule has 88 valence electrons. The van der Waals surface area contributed by atoms with Crippen LogP contribution in [-0.4, -0.2) is 28.1 Å². The highest BCUT2D eigenvalue weighted by Crippen LogP contribution is 2.22. The number of nitrogens with one attached hydrogen (secondary N) is 2. The van der Waals surface area contributed by atoms with E-state index in [9.17, 15) is 4.79 Å². The van der Waals surface area contributed by atoms with Gasteiger partial charge >= 0.3 is 0 Å². The first kappa shape index (κ1) is 11.4. The van der Waals surface area contributed by atoms with Gasteiger partial charge in [-0.05, 0) is 0 Å². The molecule has 1 aromatic rings. The van der Waals surface area contributed by atoms with E-state index >= 15 is 0 Å². The summed E-state index contributed by atoms with van der Waals surface area (Å²) in [5.74, 6) is 1.06. The number of aromatic nitrogens is 2. The molecule has 1 aromatic heterocycles. The van der Waals surface area contributed by atoms with Crippen LogP contribution >= 0.6 is 11.6 Å². The quantitative estimate of drug-likeness (QED) is 0.765. The summed E-state index contributed by atoms with van der Waals surface area (Å²) in [7, 11) is 1.84. The van der Waals surface area contributed by atoms with Gasteiger partial charge in [-0.2, -0.15) is 5.10 Å². The molecule has 1 aliphatic rings. The number of nitrogens with zero attached hydrogens (tertiary/aromatic N) is 2. The second-order valence-electron chi connectivity index (χ2n) is 3.81. The Morgan fingerprint density at radius 1 is 1.69 bits per heavy atom. The molecular formula is C10H15ClN4O. The van der Waals surface area contributed by atoms with Crippen LogP contribution in [-0.2, 0) is 24.8 Å². The number of anilines is 1. The van der Waals surface area contributed by atoms with Gasteiger partial charge in [0.05, 0.1) is 5.69 Å². The van der Waals surface area contributed by atoms with E-state index in [1.54, 1.807) is 4.68 Å². The molecule has 0 fully saturated rings. The molecule has 0 saturated carbocycles. The highest BCUT2D eigenvalue weighted by atomic mass is 35.5. The molecule has 0 radical (unpaired) electrons. The van der Waals surface area contributed by atoms with Crippen molar-refractivity contribution in [2.24, 2.45) is 7.05 Å². The first-order valence-corrected chi connectivity index (χ1v) is 5.87. The van der Waals surface area contributed by atoms with Crippen LogP contribution in [0.25, 0.3) is 0 Å². The number of hydrogen-bond acceptors (Lipinski definition) is 3. The number of alkyl halides is 1. The van der Waals surface area contributed by atoms with E-state index in [-0.39, 0.29) is 5.91 Å². The van der Waals surface area contributed by atoms with E-state index in [1.165, 1.54) is 0 Å². The van der Waals surface area contributed by atoms with Crippen LogP contribution in [0.1, 0.15) is 17.7 Å². The van der Waals surface area contributed by atoms with Crippen molar-refractivity contribution in [3.63, 3.8) is 0 Å². The lowest BCUT2D eigenvalue weighted by Crippen LogP contribution is -2.24. The third kappa shape index (κ3) is 2.20. The standard InChI is InChI=1S/C10H15ClN4O/c1-15-10(13-9(16)2-4-11)7-6-12-5-3-8(7)14-15/h12H,2-6H2,1H3,(H,13,16). The monoisotopic (exact) mass is 242 g/mol. The van der Waals surface area contributed by atoms with Gasteiger partial charge in [0.25, 0.3) is 0 Å². The lowest BCUT2D eigenvalue weighted by molar-refractivity contribution is -0.115. The lowest BCUT2D eigenvalue weighted by Gasteiger charge is -2.13. The normalized spacial score (nSPS) is 14.6. The smallest absolute Gasteiger partial charge is 0.226 e. The summed E-state index contributed by atoms with van der Waals surface area (Å²) in [6.45, 7) is 1.71. The second-order valence-corrected chi connectivity index (χ2v) is 4.19. The molecule has 5 nitrogen and oxygen atoms in total. The molecule has 0 aromatic carbocycles. The van der Waals surface area contributed by atoms with Crippen LogP contribution in [0.4, 0.5) is 5.82 Å². The minimum absolute atomic E-state index is 0.0635. The maximum atomic E-state index is 11.5. The Hall–Kier alpha value is -1.07. The van der Waals surface area contributed by atoms with E-state index in [4.69, 9.17) is 11.6 Å². The molecule has 1 aliphatic heterocycles. The summed E-state index contributed by atoms with van der Waals surface area (Å²) in [5.41, 5.74) is 2.17. The average molecular weight is 243 g/mol. The van der Waals surface area contributed by atoms with Crippen molar-refractivity contribution in [3.8, 4) is 0 Å². The van der Waals surface area contributed by atoms with Crippen molar-refractivity contribution in [3.05, 3.63) is 11.3 Å². The molecule has 0 aliphatic carbocycles. The van der Waals surface area contributed by atoms with E-state index in [0.717, 1.165) is 36.6 Å². The van der Waals surface area contributed by atoms with E-state index in [1.807, 2.05) is 7.05 Å². The number of halogens is 1. The predicted molar refractivity (Wildman–Crippen MR) is 62.6 cm³/mol. The van der Waals surface area contributed by atoms with Crippen molar-refractivity contribution in [2.75, 3.05) is 17.7 Å². The largest absolute Gasteiger partial charge is 0.312 e. The lowest BCUT2D eigenvalue weighted by atomic mass is 10.1. The Balaban J connectivity index is 2.19. The van der Waals surface area contributed by atoms with Gasteiger partial charge in [-0.3, -0.25) is 9.48 Å². The number of aryl methyl sites for hydroxylation is 1. The van der Waals surface area contributed by atoms with Crippen LogP contribution in [0.5, 0.6) is 0 Å². The highest BCUT2D eigenvalue weighted by Gasteiger charge is 2.19. The SMILES string of the molecule is Cn1nc2c(c1NC(=O)CCCl)CNCC2. The second kappa shape index (κ2) is 4.84. The summed E-state index contributed by atoms with van der Waals surface area (Å²) in [6, 6.07) is 0. The van der Waals surface area contributed by atoms with Crippen LogP contribution in [0.15, 0.2) is 0 Å². The summed E-state index contributed by atoms with van der Waals surface area (Å²) in [4.78, 5) is 11.5. The maximum Gasteiger partial charge on any atom is 0.226 e. The summed E-state index contributed by atoms with van der Waals surface area (Å²) in [6.07, 6.45) is 1.24. The fraction of sp³-hybridized carbons (Fsp3) is 0.600. The Bertz CT molecular complexity index is 402. The molecule has 1 amide bonds. The zero-order chi connectivity index (χ0) is 11.5. The minimum Gasteiger partial charge on any atom is -0.312 e. The van der Waals surface area contributed by atoms with Gasteiger partial charge in [0, 0.05) is 44.4 Å². The number of carbonyl (C=O) groups is 1. The number of carbonyl (C=O) groups excluding carboxylic acids is 1. The van der Waals surface area contributed by atoms with Crippen molar-refractivity contribution in [1.29, 1.82) is 0 Å². The molecule has 6 heteroatoms. The Kier molecular flexibility index (Phi) is 3.46. The highest BCUT2D eigenvalue weighted by molar-refractivity contribution is 6.19. The summed E-state index contributed by atoms with van der Waals surface area (Å²) in [5, 5.41) is 10.5. The summed E-state index contributed by atoms with van der Waals surface area (Å²) < 4.78 is 1.73. The number of hydrogen-bond donors (Lipinski definition) is 2. The van der Waals surface area contributed by atoms with Gasteiger partial charge in [0.15, 0.2) is 0 Å². The predicted octanol–water partition coefficient (Wildman–Crippen LogP) is 0.633. The molecule has 2 N–H and O–H groups in total. The van der Waals surface area contributed by atoms with Gasteiger partial charge < -0.3 is 10.6 Å². The average Bonchev–Trinajstić information content (AvgIpc) is 2.56. The summed E-state index contributed by atoms with van der Waals surface area (Å²) >= 11 is 5.52. The molecule has 0 spiro atoms. The molecule has 0 bridgehead atoms. The van der Waals surface area contributed by atoms with Gasteiger partial charge in [-0.1, -0.05) is 0 Å². The molecule has 0 unspecified atom stereocenters. The molecule has 0 saturated heterocycles. The van der Waals surface area contributed by atoms with Gasteiger partial charge in [0.2, 0.25) is 5.91 Å². The Morgan fingerprint density at radius 3 is 3.25 bits per heavy atom. The Labute approximate surface area is 99.2 Å². The Morgan fingerprint density at radius 2 is 2.50 bits per heavy atom. The van der Waals surface area contributed by atoms with Crippen LogP contribution < -0.4 is 10.6 Å². The zero-order valence-electron chi connectivity index (χ0n) is 9.22. The third-order valence-corrected chi connectivity index (χ3v) is 2.84. The first-order chi connectivity index (χ1) is 7.72. The molecular weight excluding hydrogens is 228 g/mol. The minimum atomic E-state index is -0.0635. The molecule has 2 heterocycles. The maximum absolute atomic E-state index is 11.5. The molecule has 0 atom stereocenters. The number of amides is 1. The fourth-order valence-electron chi connectivity index (χ4n) is 1.87. The van der Waals surface area contributed by atoms with E-state index in [0.29, 0.717) is 12.3 Å². The number of fused-ring (bicyclic) bond motifs is 1. The molecule has 2 rings (SSSR count). The van der Waals surface area contributed by atoms with E-state index < -0.39 is 0 Å². The van der Waals surface area contributed by atoms with Gasteiger partial charge in [-0.25, -0.2) is 0 Å². The van der Waals surface area contributed by atoms with Crippen LogP contribution in [0.2, 0.25) is 0 Å². The van der Waals surface area contributed by atoms with Gasteiger partial charge in [-0.15, -0.1) is 11.6 Å². The topological polar surface area (TPSA) is 59.0 Å². The fourth-order valence-corrected chi connectivity index (χ4v) is 2.04. The van der Waals surface area contributed by atoms with Crippen LogP contribution in [0, 0.1) is 0 Å². The van der Waals surface area contributed by atoms with Gasteiger partial charge in [0.1, 0.15) is 5.82 Å². The van der Waals surface area contributed by atoms with Crippen LogP contribution in [0.3, 0.4) is 0 Å². The zero-order valence-corrected chi connectivity index (χ0v) is 9.97. The van der Waals surface area contributed by atoms with Crippen molar-refractivity contribution in [1.82, 2.24) is 15.1 Å². The van der Waals surface area contributed by atoms with Crippen molar-refractivity contribution < 1.29 is 4.79 Å². The van der Waals surface area contributed by atoms with Crippen molar-refractivity contribution >= 4 is 23.3 Å². The number of rotatable bonds is 3. The first-order valence-electron chi connectivity index (χ1n) is 5.33. The van der Waals surface area contributed by atoms with Crippen molar-refractivity contribution in [2.45, 2.75) is 19.4 Å². The molecule has 16 heavy (non-hydrogen) atoms. The third-order valence-electron chi connectivity index (χ3n) is 2.65. The van der Waals surface area contributed by atoms with E-state index in [2.05, 4.69) is 15.7 Å².